The normalized spacial score (nSPS) is 23.4. The van der Waals surface area contributed by atoms with Gasteiger partial charge in [0.05, 0.1) is 24.0 Å². The summed E-state index contributed by atoms with van der Waals surface area (Å²) >= 11 is 0. The van der Waals surface area contributed by atoms with Crippen molar-refractivity contribution in [2.45, 2.75) is 109 Å². The molecule has 2 aliphatic carbocycles. The maximum atomic E-state index is 14.3. The van der Waals surface area contributed by atoms with Crippen LogP contribution in [0.5, 0.6) is 0 Å². The second-order valence-electron chi connectivity index (χ2n) is 15.3. The Labute approximate surface area is 303 Å². The molecule has 1 saturated heterocycles. The average molecular weight is 748 g/mol. The van der Waals surface area contributed by atoms with Crippen molar-refractivity contribution >= 4 is 51.6 Å². The number of nitrogens with one attached hydrogen (secondary N) is 4. The molecule has 0 radical (unpaired) electrons. The summed E-state index contributed by atoms with van der Waals surface area (Å²) in [5, 5.41) is 7.14. The van der Waals surface area contributed by atoms with Crippen LogP contribution in [0.1, 0.15) is 84.5 Å². The van der Waals surface area contributed by atoms with Crippen LogP contribution in [-0.2, 0) is 38.6 Å². The van der Waals surface area contributed by atoms with E-state index in [4.69, 9.17) is 14.2 Å². The fourth-order valence-electron chi connectivity index (χ4n) is 5.87. The number of carbonyl (C=O) groups excluding carboxylic acids is 6. The van der Waals surface area contributed by atoms with Crippen LogP contribution in [-0.4, -0.2) is 96.9 Å². The summed E-state index contributed by atoms with van der Waals surface area (Å²) in [4.78, 5) is 81.0. The van der Waals surface area contributed by atoms with Gasteiger partial charge in [0, 0.05) is 18.0 Å². The van der Waals surface area contributed by atoms with E-state index in [9.17, 15) is 37.2 Å². The highest BCUT2D eigenvalue weighted by molar-refractivity contribution is 7.91. The molecule has 17 heteroatoms. The van der Waals surface area contributed by atoms with Gasteiger partial charge in [-0.2, -0.15) is 0 Å². The third kappa shape index (κ3) is 9.80. The van der Waals surface area contributed by atoms with E-state index in [1.807, 2.05) is 0 Å². The number of amides is 5. The van der Waals surface area contributed by atoms with Gasteiger partial charge in [0.1, 0.15) is 29.3 Å². The van der Waals surface area contributed by atoms with Crippen molar-refractivity contribution in [3.05, 3.63) is 42.5 Å². The predicted molar refractivity (Wildman–Crippen MR) is 188 cm³/mol. The van der Waals surface area contributed by atoms with Crippen molar-refractivity contribution in [2.24, 2.45) is 11.3 Å². The SMILES string of the molecule is C=CC1CC1(NC(=O)[C@@H]1C[C@@H](OC(=O)Nc2cccc(C(=O)OCC)c2)CN1C(=O)[C@@H](NC(=O)OC(C)(C)C)C(C)(C)C)C(=O)NS(=O)(=O)C1CC1. The van der Waals surface area contributed by atoms with Crippen LogP contribution in [0.3, 0.4) is 0 Å². The number of sulfonamides is 1. The summed E-state index contributed by atoms with van der Waals surface area (Å²) < 4.78 is 43.4. The van der Waals surface area contributed by atoms with Crippen molar-refractivity contribution in [1.82, 2.24) is 20.3 Å². The first kappa shape index (κ1) is 40.1. The molecule has 5 atom stereocenters. The number of carbonyl (C=O) groups is 6. The minimum Gasteiger partial charge on any atom is -0.462 e. The molecule has 52 heavy (non-hydrogen) atoms. The largest absolute Gasteiger partial charge is 0.462 e. The van der Waals surface area contributed by atoms with Crippen molar-refractivity contribution in [3.8, 4) is 0 Å². The summed E-state index contributed by atoms with van der Waals surface area (Å²) in [6, 6.07) is 3.47. The van der Waals surface area contributed by atoms with E-state index in [-0.39, 0.29) is 37.2 Å². The average Bonchev–Trinajstić information content (AvgIpc) is 3.95. The molecule has 2 unspecified atom stereocenters. The van der Waals surface area contributed by atoms with Crippen LogP contribution in [0, 0.1) is 11.3 Å². The molecule has 1 heterocycles. The Morgan fingerprint density at radius 3 is 2.29 bits per heavy atom. The lowest BCUT2D eigenvalue weighted by Crippen LogP contribution is -2.60. The molecule has 0 aromatic heterocycles. The molecule has 1 aliphatic heterocycles. The summed E-state index contributed by atoms with van der Waals surface area (Å²) in [6.45, 7) is 15.4. The molecule has 4 rings (SSSR count). The number of alkyl carbamates (subject to hydrolysis) is 1. The quantitative estimate of drug-likeness (QED) is 0.139. The molecule has 286 valence electrons. The summed E-state index contributed by atoms with van der Waals surface area (Å²) in [6.07, 6.45) is -0.681. The maximum Gasteiger partial charge on any atom is 0.411 e. The molecule has 1 aromatic carbocycles. The van der Waals surface area contributed by atoms with Gasteiger partial charge >= 0.3 is 18.2 Å². The van der Waals surface area contributed by atoms with Gasteiger partial charge in [-0.3, -0.25) is 24.4 Å². The summed E-state index contributed by atoms with van der Waals surface area (Å²) in [5.74, 6) is -3.56. The predicted octanol–water partition coefficient (Wildman–Crippen LogP) is 2.99. The second kappa shape index (κ2) is 15.1. The van der Waals surface area contributed by atoms with E-state index in [0.717, 1.165) is 0 Å². The molecule has 1 aromatic rings. The maximum absolute atomic E-state index is 14.3. The van der Waals surface area contributed by atoms with Gasteiger partial charge in [-0.15, -0.1) is 6.58 Å². The van der Waals surface area contributed by atoms with Crippen LogP contribution >= 0.6 is 0 Å². The zero-order chi connectivity index (χ0) is 38.8. The van der Waals surface area contributed by atoms with Gasteiger partial charge in [-0.25, -0.2) is 22.8 Å². The lowest BCUT2D eigenvalue weighted by molar-refractivity contribution is -0.143. The Morgan fingerprint density at radius 1 is 1.06 bits per heavy atom. The fraction of sp³-hybridized carbons (Fsp3) is 0.600. The fourth-order valence-corrected chi connectivity index (χ4v) is 7.23. The minimum atomic E-state index is -3.94. The number of nitrogens with zero attached hydrogens (tertiary/aromatic N) is 1. The number of hydrogen-bond donors (Lipinski definition) is 4. The first-order chi connectivity index (χ1) is 24.1. The third-order valence-corrected chi connectivity index (χ3v) is 10.6. The minimum absolute atomic E-state index is 0.0763. The highest BCUT2D eigenvalue weighted by Crippen LogP contribution is 2.45. The Balaban J connectivity index is 1.58. The smallest absolute Gasteiger partial charge is 0.411 e. The number of benzene rings is 1. The van der Waals surface area contributed by atoms with E-state index < -0.39 is 91.8 Å². The topological polar surface area (TPSA) is 216 Å². The van der Waals surface area contributed by atoms with Gasteiger partial charge in [-0.05, 0) is 70.6 Å². The van der Waals surface area contributed by atoms with Gasteiger partial charge < -0.3 is 29.7 Å². The first-order valence-corrected chi connectivity index (χ1v) is 18.7. The molecular formula is C35H49N5O11S. The van der Waals surface area contributed by atoms with Crippen LogP contribution in [0.2, 0.25) is 0 Å². The highest BCUT2D eigenvalue weighted by atomic mass is 32.2. The zero-order valence-corrected chi connectivity index (χ0v) is 31.4. The number of hydrogen-bond acceptors (Lipinski definition) is 11. The zero-order valence-electron chi connectivity index (χ0n) is 30.6. The molecule has 2 saturated carbocycles. The van der Waals surface area contributed by atoms with Crippen LogP contribution in [0.4, 0.5) is 15.3 Å². The Hall–Kier alpha value is -4.67. The van der Waals surface area contributed by atoms with Crippen LogP contribution < -0.4 is 20.7 Å². The van der Waals surface area contributed by atoms with Crippen LogP contribution in [0.25, 0.3) is 0 Å². The van der Waals surface area contributed by atoms with Crippen molar-refractivity contribution in [3.63, 3.8) is 0 Å². The standard InChI is InChI=1S/C35H49N5O11S/c1-9-21-18-35(21,30(44)39-52(47,48)24-14-15-24)38-27(41)25-17-23(50-31(45)36-22-13-11-12-20(16-22)29(43)49-10-2)19-40(25)28(42)26(33(3,4)5)37-32(46)51-34(6,7)8/h9,11-13,16,21,23-26H,1,10,14-15,17-19H2,2-8H3,(H,36,45)(H,37,46)(H,38,41)(H,39,44)/t21?,23-,25+,26-,35?/m1/s1. The molecule has 3 aliphatic rings. The lowest BCUT2D eigenvalue weighted by atomic mass is 9.85. The number of anilines is 1. The van der Waals surface area contributed by atoms with E-state index in [1.165, 1.54) is 29.2 Å². The lowest BCUT2D eigenvalue weighted by Gasteiger charge is -2.36. The number of ether oxygens (including phenoxy) is 3. The highest BCUT2D eigenvalue weighted by Gasteiger charge is 2.62. The first-order valence-electron chi connectivity index (χ1n) is 17.2. The van der Waals surface area contributed by atoms with Crippen molar-refractivity contribution in [1.29, 1.82) is 0 Å². The molecule has 0 bridgehead atoms. The van der Waals surface area contributed by atoms with Gasteiger partial charge in [-0.1, -0.05) is 32.9 Å². The monoisotopic (exact) mass is 747 g/mol. The van der Waals surface area contributed by atoms with Crippen molar-refractivity contribution < 1.29 is 51.4 Å². The van der Waals surface area contributed by atoms with E-state index in [1.54, 1.807) is 54.5 Å². The number of rotatable bonds is 12. The molecular weight excluding hydrogens is 698 g/mol. The molecule has 5 amide bonds. The number of esters is 1. The van der Waals surface area contributed by atoms with E-state index >= 15 is 0 Å². The van der Waals surface area contributed by atoms with Crippen molar-refractivity contribution in [2.75, 3.05) is 18.5 Å². The Morgan fingerprint density at radius 2 is 1.73 bits per heavy atom. The second-order valence-corrected chi connectivity index (χ2v) is 17.3. The van der Waals surface area contributed by atoms with Gasteiger partial charge in [0.25, 0.3) is 5.91 Å². The number of likely N-dealkylation sites (tertiary alicyclic amines) is 1. The van der Waals surface area contributed by atoms with E-state index in [0.29, 0.717) is 12.8 Å². The molecule has 4 N–H and O–H groups in total. The van der Waals surface area contributed by atoms with Gasteiger partial charge in [0.15, 0.2) is 0 Å². The van der Waals surface area contributed by atoms with Crippen LogP contribution in [0.15, 0.2) is 36.9 Å². The van der Waals surface area contributed by atoms with E-state index in [2.05, 4.69) is 27.3 Å². The third-order valence-electron chi connectivity index (χ3n) is 8.77. The Kier molecular flexibility index (Phi) is 11.7. The Bertz CT molecular complexity index is 1710. The summed E-state index contributed by atoms with van der Waals surface area (Å²) in [5.41, 5.74) is -2.97. The summed E-state index contributed by atoms with van der Waals surface area (Å²) in [7, 11) is -3.94. The molecule has 0 spiro atoms. The molecule has 16 nitrogen and oxygen atoms in total. The molecule has 3 fully saturated rings. The van der Waals surface area contributed by atoms with Gasteiger partial charge in [0.2, 0.25) is 21.8 Å².